The fourth-order valence-corrected chi connectivity index (χ4v) is 10.2. The lowest BCUT2D eigenvalue weighted by molar-refractivity contribution is 0.580. The van der Waals surface area contributed by atoms with Gasteiger partial charge >= 0.3 is 0 Å². The van der Waals surface area contributed by atoms with Crippen molar-refractivity contribution in [1.29, 1.82) is 0 Å². The van der Waals surface area contributed by atoms with Crippen molar-refractivity contribution < 1.29 is 13.3 Å². The Hall–Kier alpha value is -4.85. The van der Waals surface area contributed by atoms with E-state index in [0.29, 0.717) is 10.6 Å². The molecule has 198 valence electrons. The minimum Gasteiger partial charge on any atom is -0.309 e. The Morgan fingerprint density at radius 3 is 1.19 bits per heavy atom. The summed E-state index contributed by atoms with van der Waals surface area (Å²) in [6.45, 7) is 0. The number of benzene rings is 9. The van der Waals surface area contributed by atoms with Gasteiger partial charge in [-0.15, -0.1) is 0 Å². The SMILES string of the molecule is O=P(c1cc(F)cc(F)c1)(c1ccc2ccc3cccc4ccc1c2c34)c1ccc2ccc3cccc4ccc1c2c34. The molecule has 9 aromatic carbocycles. The van der Waals surface area contributed by atoms with Gasteiger partial charge in [-0.25, -0.2) is 8.78 Å². The van der Waals surface area contributed by atoms with Crippen LogP contribution in [0.5, 0.6) is 0 Å². The monoisotopic (exact) mass is 562 g/mol. The summed E-state index contributed by atoms with van der Waals surface area (Å²) in [5, 5.41) is 13.6. The molecule has 0 saturated carbocycles. The van der Waals surface area contributed by atoms with E-state index in [0.717, 1.165) is 70.7 Å². The van der Waals surface area contributed by atoms with Gasteiger partial charge in [-0.3, -0.25) is 0 Å². The fraction of sp³-hybridized carbons (Fsp3) is 0. The Balaban J connectivity index is 1.48. The van der Waals surface area contributed by atoms with Gasteiger partial charge in [0.25, 0.3) is 0 Å². The summed E-state index contributed by atoms with van der Waals surface area (Å²) in [4.78, 5) is 0. The highest BCUT2D eigenvalue weighted by Gasteiger charge is 2.35. The summed E-state index contributed by atoms with van der Waals surface area (Å²) in [5.41, 5.74) is 0. The third-order valence-corrected chi connectivity index (χ3v) is 12.0. The number of halogens is 2. The molecule has 0 N–H and O–H groups in total. The third kappa shape index (κ3) is 3.09. The van der Waals surface area contributed by atoms with Crippen LogP contribution in [0.25, 0.3) is 64.6 Å². The highest BCUT2D eigenvalue weighted by molar-refractivity contribution is 7.86. The molecule has 0 saturated heterocycles. The van der Waals surface area contributed by atoms with Gasteiger partial charge in [0.05, 0.1) is 0 Å². The highest BCUT2D eigenvalue weighted by atomic mass is 31.2. The Kier molecular flexibility index (Phi) is 4.73. The van der Waals surface area contributed by atoms with Crippen LogP contribution in [0, 0.1) is 11.6 Å². The first-order valence-corrected chi connectivity index (χ1v) is 15.6. The van der Waals surface area contributed by atoms with Gasteiger partial charge in [-0.2, -0.15) is 0 Å². The largest absolute Gasteiger partial charge is 0.309 e. The molecule has 0 unspecified atom stereocenters. The molecule has 0 aromatic heterocycles. The first kappa shape index (κ1) is 23.8. The van der Waals surface area contributed by atoms with Crippen molar-refractivity contribution in [3.8, 4) is 0 Å². The molecule has 0 aliphatic heterocycles. The van der Waals surface area contributed by atoms with Gasteiger partial charge in [0.15, 0.2) is 7.14 Å². The Labute approximate surface area is 239 Å². The quantitative estimate of drug-likeness (QED) is 0.155. The van der Waals surface area contributed by atoms with E-state index in [-0.39, 0.29) is 5.30 Å². The van der Waals surface area contributed by atoms with Gasteiger partial charge in [0.2, 0.25) is 0 Å². The Bertz CT molecular complexity index is 2380. The number of rotatable bonds is 3. The maximum Gasteiger partial charge on any atom is 0.172 e. The lowest BCUT2D eigenvalue weighted by Crippen LogP contribution is -2.27. The molecule has 0 amide bonds. The van der Waals surface area contributed by atoms with Crippen LogP contribution in [0.4, 0.5) is 8.78 Å². The average molecular weight is 563 g/mol. The molecule has 1 nitrogen and oxygen atoms in total. The second kappa shape index (κ2) is 8.35. The molecule has 42 heavy (non-hydrogen) atoms. The molecule has 0 spiro atoms. The number of hydrogen-bond acceptors (Lipinski definition) is 1. The molecule has 9 rings (SSSR count). The molecular weight excluding hydrogens is 541 g/mol. The van der Waals surface area contributed by atoms with Crippen molar-refractivity contribution in [2.45, 2.75) is 0 Å². The van der Waals surface area contributed by atoms with Crippen molar-refractivity contribution in [2.75, 3.05) is 0 Å². The maximum atomic E-state index is 16.1. The van der Waals surface area contributed by atoms with E-state index in [1.807, 2.05) is 60.7 Å². The lowest BCUT2D eigenvalue weighted by atomic mass is 9.94. The highest BCUT2D eigenvalue weighted by Crippen LogP contribution is 2.49. The zero-order chi connectivity index (χ0) is 28.2. The summed E-state index contributed by atoms with van der Waals surface area (Å²) in [6, 6.07) is 39.9. The first-order chi connectivity index (χ1) is 20.5. The molecule has 0 aliphatic carbocycles. The van der Waals surface area contributed by atoms with E-state index in [2.05, 4.69) is 48.5 Å². The summed E-state index contributed by atoms with van der Waals surface area (Å²) >= 11 is 0. The third-order valence-electron chi connectivity index (χ3n) is 8.90. The molecule has 4 heteroatoms. The zero-order valence-electron chi connectivity index (χ0n) is 22.2. The Morgan fingerprint density at radius 1 is 0.405 bits per heavy atom. The average Bonchev–Trinajstić information content (AvgIpc) is 3.01. The minimum absolute atomic E-state index is 0.144. The second-order valence-corrected chi connectivity index (χ2v) is 13.8. The molecule has 9 aromatic rings. The summed E-state index contributed by atoms with van der Waals surface area (Å²) in [7, 11) is -3.83. The molecule has 0 bridgehead atoms. The summed E-state index contributed by atoms with van der Waals surface area (Å²) in [5.74, 6) is -1.50. The van der Waals surface area contributed by atoms with Crippen LogP contribution in [-0.2, 0) is 4.57 Å². The van der Waals surface area contributed by atoms with E-state index >= 15 is 4.57 Å². The molecule has 0 heterocycles. The van der Waals surface area contributed by atoms with Crippen LogP contribution in [0.3, 0.4) is 0 Å². The molecule has 0 atom stereocenters. The van der Waals surface area contributed by atoms with Crippen molar-refractivity contribution in [3.63, 3.8) is 0 Å². The van der Waals surface area contributed by atoms with Crippen molar-refractivity contribution in [3.05, 3.63) is 139 Å². The zero-order valence-corrected chi connectivity index (χ0v) is 23.1. The predicted octanol–water partition coefficient (Wildman–Crippen LogP) is 9.40. The summed E-state index contributed by atoms with van der Waals surface area (Å²) < 4.78 is 45.9. The van der Waals surface area contributed by atoms with Crippen LogP contribution < -0.4 is 15.9 Å². The van der Waals surface area contributed by atoms with Crippen molar-refractivity contribution in [2.24, 2.45) is 0 Å². The van der Waals surface area contributed by atoms with Gasteiger partial charge in [-0.1, -0.05) is 97.1 Å². The summed E-state index contributed by atoms with van der Waals surface area (Å²) in [6.07, 6.45) is 0. The smallest absolute Gasteiger partial charge is 0.172 e. The van der Waals surface area contributed by atoms with Crippen LogP contribution in [-0.4, -0.2) is 0 Å². The van der Waals surface area contributed by atoms with Gasteiger partial charge in [-0.05, 0) is 88.9 Å². The predicted molar refractivity (Wildman–Crippen MR) is 173 cm³/mol. The van der Waals surface area contributed by atoms with Crippen molar-refractivity contribution in [1.82, 2.24) is 0 Å². The molecule has 0 fully saturated rings. The Morgan fingerprint density at radius 2 is 0.762 bits per heavy atom. The maximum absolute atomic E-state index is 16.1. The lowest BCUT2D eigenvalue weighted by Gasteiger charge is -2.25. The van der Waals surface area contributed by atoms with Crippen LogP contribution in [0.1, 0.15) is 0 Å². The van der Waals surface area contributed by atoms with Crippen LogP contribution in [0.2, 0.25) is 0 Å². The van der Waals surface area contributed by atoms with E-state index in [9.17, 15) is 8.78 Å². The molecule has 0 radical (unpaired) electrons. The van der Waals surface area contributed by atoms with Gasteiger partial charge in [0, 0.05) is 22.0 Å². The molecular formula is C38H21F2OP. The fourth-order valence-electron chi connectivity index (χ4n) is 7.12. The van der Waals surface area contributed by atoms with E-state index in [1.54, 1.807) is 0 Å². The van der Waals surface area contributed by atoms with Crippen LogP contribution >= 0.6 is 7.14 Å². The van der Waals surface area contributed by atoms with Crippen LogP contribution in [0.15, 0.2) is 127 Å². The van der Waals surface area contributed by atoms with Gasteiger partial charge in [0.1, 0.15) is 11.6 Å². The number of hydrogen-bond donors (Lipinski definition) is 0. The minimum atomic E-state index is -3.83. The van der Waals surface area contributed by atoms with Gasteiger partial charge < -0.3 is 4.57 Å². The topological polar surface area (TPSA) is 17.1 Å². The second-order valence-electron chi connectivity index (χ2n) is 11.1. The van der Waals surface area contributed by atoms with Crippen molar-refractivity contribution >= 4 is 87.7 Å². The normalized spacial score (nSPS) is 12.6. The van der Waals surface area contributed by atoms with E-state index in [1.165, 1.54) is 12.1 Å². The van der Waals surface area contributed by atoms with E-state index in [4.69, 9.17) is 0 Å². The first-order valence-electron chi connectivity index (χ1n) is 13.9. The molecule has 0 aliphatic rings. The van der Waals surface area contributed by atoms with E-state index < -0.39 is 18.8 Å². The standard InChI is InChI=1S/C38H21F2OP/c39-28-19-29(40)21-30(20-28)42(41,33-17-13-26-9-7-22-3-1-5-24-11-15-31(33)37(26)35(22)24)34-18-14-27-10-8-23-4-2-6-25-12-16-32(34)38(27)36(23)25/h1-21H.